The lowest BCUT2D eigenvalue weighted by atomic mass is 10.2. The van der Waals surface area contributed by atoms with Gasteiger partial charge in [0.15, 0.2) is 0 Å². The smallest absolute Gasteiger partial charge is 0.261 e. The van der Waals surface area contributed by atoms with Crippen molar-refractivity contribution in [2.24, 2.45) is 0 Å². The van der Waals surface area contributed by atoms with Gasteiger partial charge in [-0.25, -0.2) is 8.42 Å². The van der Waals surface area contributed by atoms with Crippen molar-refractivity contribution in [1.29, 1.82) is 0 Å². The Bertz CT molecular complexity index is 1120. The molecule has 3 aromatic carbocycles. The summed E-state index contributed by atoms with van der Waals surface area (Å²) in [6.07, 6.45) is 0. The molecular weight excluding hydrogens is 428 g/mol. The Morgan fingerprint density at radius 1 is 0.966 bits per heavy atom. The molecule has 0 bridgehead atoms. The first-order valence-electron chi connectivity index (χ1n) is 8.80. The molecular formula is C21H19ClN2O3S2. The van der Waals surface area contributed by atoms with E-state index in [0.717, 1.165) is 10.6 Å². The van der Waals surface area contributed by atoms with Crippen LogP contribution < -0.4 is 10.0 Å². The van der Waals surface area contributed by atoms with Gasteiger partial charge in [0.25, 0.3) is 15.9 Å². The average Bonchev–Trinajstić information content (AvgIpc) is 2.69. The number of benzene rings is 3. The second-order valence-electron chi connectivity index (χ2n) is 6.02. The number of anilines is 2. The van der Waals surface area contributed by atoms with Gasteiger partial charge in [0.2, 0.25) is 0 Å². The molecule has 0 aromatic heterocycles. The second-order valence-corrected chi connectivity index (χ2v) is 9.45. The molecule has 0 unspecified atom stereocenters. The molecule has 0 aliphatic rings. The fraction of sp³-hybridized carbons (Fsp3) is 0.0952. The third-order valence-corrected chi connectivity index (χ3v) is 6.52. The first-order valence-corrected chi connectivity index (χ1v) is 11.7. The summed E-state index contributed by atoms with van der Waals surface area (Å²) in [6.45, 7) is 2.02. The van der Waals surface area contributed by atoms with Crippen molar-refractivity contribution >= 4 is 50.7 Å². The largest absolute Gasteiger partial charge is 0.322 e. The van der Waals surface area contributed by atoms with Crippen LogP contribution in [0.2, 0.25) is 5.02 Å². The molecule has 150 valence electrons. The predicted molar refractivity (Wildman–Crippen MR) is 119 cm³/mol. The number of rotatable bonds is 7. The molecule has 0 fully saturated rings. The SMILES string of the molecule is CCSc1ccccc1C(=O)Nc1ccc(S(=O)(=O)Nc2cccc(Cl)c2)cc1. The predicted octanol–water partition coefficient (Wildman–Crippen LogP) is 5.51. The van der Waals surface area contributed by atoms with E-state index in [0.29, 0.717) is 22.0 Å². The summed E-state index contributed by atoms with van der Waals surface area (Å²) in [5, 5.41) is 3.24. The average molecular weight is 447 g/mol. The van der Waals surface area contributed by atoms with E-state index in [2.05, 4.69) is 10.0 Å². The van der Waals surface area contributed by atoms with Crippen LogP contribution in [0.3, 0.4) is 0 Å². The van der Waals surface area contributed by atoms with E-state index < -0.39 is 10.0 Å². The van der Waals surface area contributed by atoms with E-state index in [9.17, 15) is 13.2 Å². The Balaban J connectivity index is 1.74. The summed E-state index contributed by atoms with van der Waals surface area (Å²) in [5.74, 6) is 0.616. The molecule has 0 spiro atoms. The number of amides is 1. The second kappa shape index (κ2) is 9.35. The maximum Gasteiger partial charge on any atom is 0.261 e. The zero-order valence-electron chi connectivity index (χ0n) is 15.6. The molecule has 8 heteroatoms. The highest BCUT2D eigenvalue weighted by Gasteiger charge is 2.15. The van der Waals surface area contributed by atoms with Crippen LogP contribution in [0.25, 0.3) is 0 Å². The van der Waals surface area contributed by atoms with Gasteiger partial charge < -0.3 is 5.32 Å². The number of carbonyl (C=O) groups is 1. The number of sulfonamides is 1. The van der Waals surface area contributed by atoms with Crippen LogP contribution in [0.1, 0.15) is 17.3 Å². The molecule has 0 radical (unpaired) electrons. The highest BCUT2D eigenvalue weighted by molar-refractivity contribution is 7.99. The van der Waals surface area contributed by atoms with Gasteiger partial charge in [-0.3, -0.25) is 9.52 Å². The highest BCUT2D eigenvalue weighted by Crippen LogP contribution is 2.24. The number of carbonyl (C=O) groups excluding carboxylic acids is 1. The molecule has 29 heavy (non-hydrogen) atoms. The number of nitrogens with one attached hydrogen (secondary N) is 2. The first kappa shape index (κ1) is 21.2. The number of halogens is 1. The van der Waals surface area contributed by atoms with Gasteiger partial charge in [0.1, 0.15) is 0 Å². The number of hydrogen-bond acceptors (Lipinski definition) is 4. The van der Waals surface area contributed by atoms with Gasteiger partial charge in [-0.15, -0.1) is 11.8 Å². The molecule has 0 heterocycles. The highest BCUT2D eigenvalue weighted by atomic mass is 35.5. The van der Waals surface area contributed by atoms with Crippen molar-refractivity contribution in [2.45, 2.75) is 16.7 Å². The minimum absolute atomic E-state index is 0.0809. The van der Waals surface area contributed by atoms with E-state index >= 15 is 0 Å². The summed E-state index contributed by atoms with van der Waals surface area (Å²) in [4.78, 5) is 13.6. The number of thioether (sulfide) groups is 1. The summed E-state index contributed by atoms with van der Waals surface area (Å²) < 4.78 is 27.6. The van der Waals surface area contributed by atoms with Crippen LogP contribution in [0.15, 0.2) is 82.6 Å². The first-order chi connectivity index (χ1) is 13.9. The van der Waals surface area contributed by atoms with Crippen molar-refractivity contribution in [2.75, 3.05) is 15.8 Å². The molecule has 0 aliphatic heterocycles. The summed E-state index contributed by atoms with van der Waals surface area (Å²) in [5.41, 5.74) is 1.46. The Morgan fingerprint density at radius 3 is 2.38 bits per heavy atom. The molecule has 1 amide bonds. The van der Waals surface area contributed by atoms with E-state index in [1.165, 1.54) is 18.2 Å². The lowest BCUT2D eigenvalue weighted by Crippen LogP contribution is -2.14. The van der Waals surface area contributed by atoms with E-state index in [1.54, 1.807) is 48.2 Å². The third kappa shape index (κ3) is 5.53. The van der Waals surface area contributed by atoms with Gasteiger partial charge in [-0.1, -0.05) is 36.7 Å². The fourth-order valence-electron chi connectivity index (χ4n) is 2.62. The Hall–Kier alpha value is -2.48. The quantitative estimate of drug-likeness (QED) is 0.469. The fourth-order valence-corrected chi connectivity index (χ4v) is 4.66. The molecule has 0 atom stereocenters. The molecule has 0 aliphatic carbocycles. The molecule has 3 aromatic rings. The Labute approximate surface area is 179 Å². The van der Waals surface area contributed by atoms with Crippen molar-refractivity contribution in [3.8, 4) is 0 Å². The normalized spacial score (nSPS) is 11.1. The standard InChI is InChI=1S/C21H19ClN2O3S2/c1-2-28-20-9-4-3-8-19(20)21(25)23-16-10-12-18(13-11-16)29(26,27)24-17-7-5-6-15(22)14-17/h3-14,24H,2H2,1H3,(H,23,25). The summed E-state index contributed by atoms with van der Waals surface area (Å²) >= 11 is 7.48. The van der Waals surface area contributed by atoms with Crippen molar-refractivity contribution in [1.82, 2.24) is 0 Å². The van der Waals surface area contributed by atoms with Crippen molar-refractivity contribution in [3.05, 3.63) is 83.4 Å². The van der Waals surface area contributed by atoms with E-state index in [-0.39, 0.29) is 10.8 Å². The Morgan fingerprint density at radius 2 is 1.69 bits per heavy atom. The topological polar surface area (TPSA) is 75.3 Å². The number of hydrogen-bond donors (Lipinski definition) is 2. The van der Waals surface area contributed by atoms with Crippen LogP contribution >= 0.6 is 23.4 Å². The van der Waals surface area contributed by atoms with Crippen LogP contribution in [0.5, 0.6) is 0 Å². The zero-order valence-corrected chi connectivity index (χ0v) is 17.9. The summed E-state index contributed by atoms with van der Waals surface area (Å²) in [6, 6.07) is 19.8. The van der Waals surface area contributed by atoms with Crippen LogP contribution in [0.4, 0.5) is 11.4 Å². The zero-order chi connectivity index (χ0) is 20.9. The maximum absolute atomic E-state index is 12.6. The lowest BCUT2D eigenvalue weighted by molar-refractivity contribution is 0.102. The lowest BCUT2D eigenvalue weighted by Gasteiger charge is -2.11. The minimum Gasteiger partial charge on any atom is -0.322 e. The van der Waals surface area contributed by atoms with Crippen LogP contribution in [-0.4, -0.2) is 20.1 Å². The Kier molecular flexibility index (Phi) is 6.84. The van der Waals surface area contributed by atoms with E-state index in [1.807, 2.05) is 25.1 Å². The summed E-state index contributed by atoms with van der Waals surface area (Å²) in [7, 11) is -3.77. The van der Waals surface area contributed by atoms with Gasteiger partial charge >= 0.3 is 0 Å². The van der Waals surface area contributed by atoms with Crippen molar-refractivity contribution in [3.63, 3.8) is 0 Å². The molecule has 0 saturated heterocycles. The van der Waals surface area contributed by atoms with E-state index in [4.69, 9.17) is 11.6 Å². The third-order valence-electron chi connectivity index (χ3n) is 3.93. The molecule has 0 saturated carbocycles. The van der Waals surface area contributed by atoms with Gasteiger partial charge in [0.05, 0.1) is 16.1 Å². The molecule has 5 nitrogen and oxygen atoms in total. The maximum atomic E-state index is 12.6. The van der Waals surface area contributed by atoms with Gasteiger partial charge in [0, 0.05) is 15.6 Å². The van der Waals surface area contributed by atoms with Crippen molar-refractivity contribution < 1.29 is 13.2 Å². The molecule has 2 N–H and O–H groups in total. The monoisotopic (exact) mass is 446 g/mol. The molecule has 3 rings (SSSR count). The van der Waals surface area contributed by atoms with Crippen LogP contribution in [-0.2, 0) is 10.0 Å². The van der Waals surface area contributed by atoms with Gasteiger partial charge in [-0.2, -0.15) is 0 Å². The minimum atomic E-state index is -3.77. The van der Waals surface area contributed by atoms with Crippen LogP contribution in [0, 0.1) is 0 Å². The van der Waals surface area contributed by atoms with Gasteiger partial charge in [-0.05, 0) is 60.4 Å².